The lowest BCUT2D eigenvalue weighted by molar-refractivity contribution is 0.402. The number of rotatable bonds is 8. The van der Waals surface area contributed by atoms with Gasteiger partial charge in [0.05, 0.1) is 9.79 Å². The quantitative estimate of drug-likeness (QED) is 0.172. The lowest BCUT2D eigenvalue weighted by Gasteiger charge is -2.22. The Kier molecular flexibility index (Phi) is 9.28. The molecule has 0 atom stereocenters. The third-order valence-electron chi connectivity index (χ3n) is 11.9. The first kappa shape index (κ1) is 37.1. The summed E-state index contributed by atoms with van der Waals surface area (Å²) in [6.45, 7) is 27.2. The molecule has 4 aromatic carbocycles. The molecule has 0 saturated carbocycles. The Bertz CT molecular complexity index is 2050. The van der Waals surface area contributed by atoms with E-state index < -0.39 is 9.84 Å². The van der Waals surface area contributed by atoms with Gasteiger partial charge in [-0.1, -0.05) is 142 Å². The monoisotopic (exact) mass is 698 g/mol. The maximum Gasteiger partial charge on any atom is 0.207 e. The highest BCUT2D eigenvalue weighted by Gasteiger charge is 2.42. The lowest BCUT2D eigenvalue weighted by Crippen LogP contribution is -2.18. The van der Waals surface area contributed by atoms with Crippen molar-refractivity contribution in [1.29, 1.82) is 0 Å². The molecular weight excluding hydrogens is 641 g/mol. The predicted molar refractivity (Wildman–Crippen MR) is 218 cm³/mol. The Morgan fingerprint density at radius 2 is 0.882 bits per heavy atom. The van der Waals surface area contributed by atoms with Crippen molar-refractivity contribution in [2.75, 3.05) is 0 Å². The van der Waals surface area contributed by atoms with Gasteiger partial charge in [0.2, 0.25) is 9.84 Å². The van der Waals surface area contributed by atoms with Crippen LogP contribution in [0.1, 0.15) is 152 Å². The number of allylic oxidation sites excluding steroid dienone is 2. The molecule has 0 aromatic heterocycles. The van der Waals surface area contributed by atoms with Crippen molar-refractivity contribution < 1.29 is 8.42 Å². The van der Waals surface area contributed by atoms with Crippen molar-refractivity contribution in [3.63, 3.8) is 0 Å². The number of fused-ring (bicyclic) bond motifs is 2. The maximum atomic E-state index is 14.3. The predicted octanol–water partition coefficient (Wildman–Crippen LogP) is 12.7. The van der Waals surface area contributed by atoms with Gasteiger partial charge < -0.3 is 0 Å². The fraction of sp³-hybridized carbons (Fsp3) is 0.417. The van der Waals surface area contributed by atoms with Crippen molar-refractivity contribution in [2.24, 2.45) is 0 Å². The molecule has 0 N–H and O–H groups in total. The fourth-order valence-corrected chi connectivity index (χ4v) is 11.5. The summed E-state index contributed by atoms with van der Waals surface area (Å²) in [6.07, 6.45) is 7.93. The van der Waals surface area contributed by atoms with Gasteiger partial charge in [0.15, 0.2) is 0 Å². The lowest BCUT2D eigenvalue weighted by atomic mass is 9.82. The minimum Gasteiger partial charge on any atom is -0.218 e. The summed E-state index contributed by atoms with van der Waals surface area (Å²) in [5.41, 5.74) is 14.9. The zero-order valence-electron chi connectivity index (χ0n) is 33.1. The van der Waals surface area contributed by atoms with Crippen molar-refractivity contribution in [1.82, 2.24) is 0 Å². The summed E-state index contributed by atoms with van der Waals surface area (Å²) < 4.78 is 28.6. The summed E-state index contributed by atoms with van der Waals surface area (Å²) in [7, 11) is -3.72. The molecule has 51 heavy (non-hydrogen) atoms. The molecule has 2 aliphatic rings. The standard InChI is InChI=1S/C48H58O2S/c1-13-35-25-33(23-31(3)37-17-19-39-41(27-37)47(9,10)29-45(39,5)6)15-21-43(35)51(49,50)44-22-16-34(26-36(44)14-2)24-32(4)38-18-20-40-42(28-38)48(11,12)30-46(40,7)8/h15-28H,13-14,29-30H2,1-12H3. The number of hydrogen-bond acceptors (Lipinski definition) is 2. The molecule has 0 unspecified atom stereocenters. The van der Waals surface area contributed by atoms with Crippen LogP contribution in [0.4, 0.5) is 0 Å². The summed E-state index contributed by atoms with van der Waals surface area (Å²) in [6, 6.07) is 25.5. The molecule has 3 heteroatoms. The molecule has 0 spiro atoms. The largest absolute Gasteiger partial charge is 0.218 e. The molecular formula is C48H58O2S. The van der Waals surface area contributed by atoms with Gasteiger partial charge in [-0.2, -0.15) is 0 Å². The summed E-state index contributed by atoms with van der Waals surface area (Å²) in [4.78, 5) is 0.804. The van der Waals surface area contributed by atoms with E-state index in [0.717, 1.165) is 35.1 Å². The van der Waals surface area contributed by atoms with Crippen LogP contribution in [0.25, 0.3) is 23.3 Å². The van der Waals surface area contributed by atoms with Gasteiger partial charge >= 0.3 is 0 Å². The molecule has 0 amide bonds. The summed E-state index contributed by atoms with van der Waals surface area (Å²) in [5.74, 6) is 0. The van der Waals surface area contributed by atoms with Crippen LogP contribution in [-0.2, 0) is 44.3 Å². The molecule has 2 nitrogen and oxygen atoms in total. The van der Waals surface area contributed by atoms with Crippen LogP contribution in [0.5, 0.6) is 0 Å². The van der Waals surface area contributed by atoms with Gasteiger partial charge in [-0.3, -0.25) is 0 Å². The van der Waals surface area contributed by atoms with Gasteiger partial charge in [-0.25, -0.2) is 8.42 Å². The molecule has 0 aliphatic heterocycles. The second kappa shape index (κ2) is 12.8. The van der Waals surface area contributed by atoms with E-state index >= 15 is 0 Å². The van der Waals surface area contributed by atoms with Crippen molar-refractivity contribution in [2.45, 2.75) is 140 Å². The first-order valence-electron chi connectivity index (χ1n) is 18.9. The fourth-order valence-electron chi connectivity index (χ4n) is 9.71. The van der Waals surface area contributed by atoms with Gasteiger partial charge in [0, 0.05) is 0 Å². The first-order chi connectivity index (χ1) is 23.7. The number of sulfone groups is 1. The highest BCUT2D eigenvalue weighted by molar-refractivity contribution is 7.91. The van der Waals surface area contributed by atoms with E-state index in [-0.39, 0.29) is 21.7 Å². The molecule has 0 heterocycles. The zero-order chi connectivity index (χ0) is 37.3. The van der Waals surface area contributed by atoms with Gasteiger partial charge in [0.25, 0.3) is 0 Å². The summed E-state index contributed by atoms with van der Waals surface area (Å²) in [5, 5.41) is 0. The molecule has 0 radical (unpaired) electrons. The van der Waals surface area contributed by atoms with E-state index in [1.54, 1.807) is 0 Å². The highest BCUT2D eigenvalue weighted by Crippen LogP contribution is 2.51. The molecule has 0 saturated heterocycles. The molecule has 2 aliphatic carbocycles. The summed E-state index contributed by atoms with van der Waals surface area (Å²) >= 11 is 0. The Labute approximate surface area is 309 Å². The molecule has 268 valence electrons. The van der Waals surface area contributed by atoms with Crippen LogP contribution in [0.3, 0.4) is 0 Å². The van der Waals surface area contributed by atoms with E-state index in [1.165, 1.54) is 44.5 Å². The SMILES string of the molecule is CCc1cc(C=C(C)c2ccc3c(c2)C(C)(C)CC3(C)C)ccc1S(=O)(=O)c1ccc(C=C(C)c2ccc3c(c2)C(C)(C)CC3(C)C)cc1CC. The van der Waals surface area contributed by atoms with E-state index in [4.69, 9.17) is 0 Å². The number of aryl methyl sites for hydroxylation is 2. The van der Waals surface area contributed by atoms with Gasteiger partial charge in [0.1, 0.15) is 0 Å². The Balaban J connectivity index is 1.29. The highest BCUT2D eigenvalue weighted by atomic mass is 32.2. The topological polar surface area (TPSA) is 34.1 Å². The second-order valence-corrected chi connectivity index (χ2v) is 19.9. The minimum atomic E-state index is -3.72. The van der Waals surface area contributed by atoms with Gasteiger partial charge in [-0.15, -0.1) is 0 Å². The van der Waals surface area contributed by atoms with Crippen LogP contribution >= 0.6 is 0 Å². The van der Waals surface area contributed by atoms with E-state index in [2.05, 4.69) is 130 Å². The average Bonchev–Trinajstić information content (AvgIpc) is 3.37. The second-order valence-electron chi connectivity index (χ2n) is 18.0. The zero-order valence-corrected chi connectivity index (χ0v) is 34.0. The van der Waals surface area contributed by atoms with Crippen LogP contribution < -0.4 is 0 Å². The average molecular weight is 699 g/mol. The molecule has 0 bridgehead atoms. The first-order valence-corrected chi connectivity index (χ1v) is 20.4. The third-order valence-corrected chi connectivity index (χ3v) is 13.9. The minimum absolute atomic E-state index is 0.141. The Morgan fingerprint density at radius 3 is 1.24 bits per heavy atom. The normalized spacial score (nSPS) is 18.8. The molecule has 4 aromatic rings. The molecule has 6 rings (SSSR count). The Hall–Kier alpha value is -3.69. The van der Waals surface area contributed by atoms with Crippen LogP contribution in [0.15, 0.2) is 82.6 Å². The van der Waals surface area contributed by atoms with Crippen molar-refractivity contribution in [3.05, 3.63) is 128 Å². The molecule has 0 fully saturated rings. The van der Waals surface area contributed by atoms with Crippen LogP contribution in [0.2, 0.25) is 0 Å². The third kappa shape index (κ3) is 6.72. The number of hydrogen-bond donors (Lipinski definition) is 0. The van der Waals surface area contributed by atoms with Crippen LogP contribution in [0, 0.1) is 0 Å². The van der Waals surface area contributed by atoms with Crippen molar-refractivity contribution in [3.8, 4) is 0 Å². The maximum absolute atomic E-state index is 14.3. The van der Waals surface area contributed by atoms with Gasteiger partial charge in [-0.05, 0) is 140 Å². The van der Waals surface area contributed by atoms with E-state index in [9.17, 15) is 8.42 Å². The van der Waals surface area contributed by atoms with E-state index in [0.29, 0.717) is 22.6 Å². The van der Waals surface area contributed by atoms with E-state index in [1.807, 2.05) is 38.1 Å². The van der Waals surface area contributed by atoms with Crippen LogP contribution in [-0.4, -0.2) is 8.42 Å². The number of benzene rings is 4. The Morgan fingerprint density at radius 1 is 0.529 bits per heavy atom. The smallest absolute Gasteiger partial charge is 0.207 e. The van der Waals surface area contributed by atoms with Crippen molar-refractivity contribution >= 4 is 33.1 Å².